The molecule has 0 N–H and O–H groups in total. The lowest BCUT2D eigenvalue weighted by Crippen LogP contribution is -2.36. The summed E-state index contributed by atoms with van der Waals surface area (Å²) in [4.78, 5) is -0.263. The summed E-state index contributed by atoms with van der Waals surface area (Å²) in [5.41, 5.74) is 2.60. The van der Waals surface area contributed by atoms with Crippen LogP contribution in [0.2, 0.25) is 0 Å². The minimum absolute atomic E-state index is 0.263. The lowest BCUT2D eigenvalue weighted by molar-refractivity contribution is 0.561. The molecule has 0 atom stereocenters. The summed E-state index contributed by atoms with van der Waals surface area (Å²) in [5.74, 6) is -0.710. The van der Waals surface area contributed by atoms with E-state index in [4.69, 9.17) is 0 Å². The Morgan fingerprint density at radius 2 is 1.86 bits per heavy atom. The molecule has 0 bridgehead atoms. The maximum absolute atomic E-state index is 13.9. The Labute approximate surface area is 124 Å². The number of benzene rings is 2. The van der Waals surface area contributed by atoms with Crippen molar-refractivity contribution in [3.8, 4) is 0 Å². The Hall–Kier alpha value is -1.88. The highest BCUT2D eigenvalue weighted by Gasteiger charge is 2.31. The number of sulfonamides is 1. The molecule has 0 radical (unpaired) electrons. The zero-order chi connectivity index (χ0) is 15.0. The number of fused-ring (bicyclic) bond motifs is 1. The summed E-state index contributed by atoms with van der Waals surface area (Å²) in [6.45, 7) is 2.27. The van der Waals surface area contributed by atoms with Gasteiger partial charge in [0.15, 0.2) is 0 Å². The molecule has 5 heteroatoms. The fraction of sp³-hybridized carbons (Fsp3) is 0.250. The largest absolute Gasteiger partial charge is 0.267 e. The standard InChI is InChI=1S/C16H16FNO2S/c1-12-6-4-7-13-8-5-11-18(16(12)13)21(19,20)15-10-3-2-9-14(15)17/h2-4,6-7,9-10H,5,8,11H2,1H3. The predicted molar refractivity (Wildman–Crippen MR) is 80.4 cm³/mol. The number of rotatable bonds is 2. The summed E-state index contributed by atoms with van der Waals surface area (Å²) in [5, 5.41) is 0. The van der Waals surface area contributed by atoms with E-state index in [9.17, 15) is 12.8 Å². The minimum Gasteiger partial charge on any atom is -0.266 e. The van der Waals surface area contributed by atoms with Crippen LogP contribution in [0.15, 0.2) is 47.4 Å². The Morgan fingerprint density at radius 1 is 1.10 bits per heavy atom. The molecule has 0 unspecified atom stereocenters. The average Bonchev–Trinajstić information content (AvgIpc) is 2.47. The van der Waals surface area contributed by atoms with Crippen LogP contribution in [0.4, 0.5) is 10.1 Å². The third-order valence-corrected chi connectivity index (χ3v) is 5.62. The number of hydrogen-bond donors (Lipinski definition) is 0. The third kappa shape index (κ3) is 2.31. The molecule has 1 aliphatic rings. The van der Waals surface area contributed by atoms with Crippen molar-refractivity contribution in [3.05, 3.63) is 59.4 Å². The van der Waals surface area contributed by atoms with Crippen molar-refractivity contribution in [2.75, 3.05) is 10.8 Å². The molecule has 0 aromatic heterocycles. The van der Waals surface area contributed by atoms with Crippen LogP contribution in [0.3, 0.4) is 0 Å². The Bertz CT molecular complexity index is 787. The highest BCUT2D eigenvalue weighted by molar-refractivity contribution is 7.92. The lowest BCUT2D eigenvalue weighted by atomic mass is 10.0. The van der Waals surface area contributed by atoms with E-state index < -0.39 is 15.8 Å². The summed E-state index contributed by atoms with van der Waals surface area (Å²) in [6.07, 6.45) is 1.59. The molecule has 1 aliphatic heterocycles. The fourth-order valence-electron chi connectivity index (χ4n) is 2.82. The number of aryl methyl sites for hydroxylation is 2. The molecule has 0 amide bonds. The predicted octanol–water partition coefficient (Wildman–Crippen LogP) is 3.28. The molecule has 0 saturated carbocycles. The molecule has 0 saturated heterocycles. The molecule has 110 valence electrons. The molecule has 1 heterocycles. The maximum atomic E-state index is 13.9. The van der Waals surface area contributed by atoms with Crippen molar-refractivity contribution in [1.29, 1.82) is 0 Å². The zero-order valence-corrected chi connectivity index (χ0v) is 12.5. The van der Waals surface area contributed by atoms with E-state index >= 15 is 0 Å². The molecular formula is C16H16FNO2S. The molecule has 3 nitrogen and oxygen atoms in total. The number of halogens is 1. The van der Waals surface area contributed by atoms with Gasteiger partial charge in [-0.1, -0.05) is 30.3 Å². The van der Waals surface area contributed by atoms with Crippen molar-refractivity contribution >= 4 is 15.7 Å². The second kappa shape index (κ2) is 5.15. The minimum atomic E-state index is -3.87. The van der Waals surface area contributed by atoms with Crippen LogP contribution in [0.5, 0.6) is 0 Å². The van der Waals surface area contributed by atoms with Crippen molar-refractivity contribution in [2.24, 2.45) is 0 Å². The Balaban J connectivity index is 2.17. The second-order valence-corrected chi connectivity index (χ2v) is 7.02. The van der Waals surface area contributed by atoms with Crippen LogP contribution >= 0.6 is 0 Å². The summed E-state index contributed by atoms with van der Waals surface area (Å²) in [7, 11) is -3.87. The Kier molecular flexibility index (Phi) is 3.45. The molecule has 21 heavy (non-hydrogen) atoms. The topological polar surface area (TPSA) is 37.4 Å². The van der Waals surface area contributed by atoms with E-state index in [-0.39, 0.29) is 4.90 Å². The first-order valence-electron chi connectivity index (χ1n) is 6.87. The van der Waals surface area contributed by atoms with Crippen LogP contribution < -0.4 is 4.31 Å². The first-order valence-corrected chi connectivity index (χ1v) is 8.31. The van der Waals surface area contributed by atoms with Gasteiger partial charge in [-0.05, 0) is 43.0 Å². The van der Waals surface area contributed by atoms with Gasteiger partial charge in [0, 0.05) is 6.54 Å². The number of anilines is 1. The molecule has 0 spiro atoms. The smallest absolute Gasteiger partial charge is 0.266 e. The molecule has 2 aromatic carbocycles. The van der Waals surface area contributed by atoms with Gasteiger partial charge in [-0.2, -0.15) is 0 Å². The summed E-state index contributed by atoms with van der Waals surface area (Å²) in [6, 6.07) is 11.3. The number of hydrogen-bond acceptors (Lipinski definition) is 2. The van der Waals surface area contributed by atoms with E-state index in [0.29, 0.717) is 12.2 Å². The van der Waals surface area contributed by atoms with E-state index in [2.05, 4.69) is 0 Å². The van der Waals surface area contributed by atoms with Gasteiger partial charge in [0.05, 0.1) is 5.69 Å². The van der Waals surface area contributed by atoms with Gasteiger partial charge in [-0.25, -0.2) is 12.8 Å². The van der Waals surface area contributed by atoms with Gasteiger partial charge in [0.2, 0.25) is 0 Å². The molecule has 2 aromatic rings. The SMILES string of the molecule is Cc1cccc2c1N(S(=O)(=O)c1ccccc1F)CCC2. The number of nitrogens with zero attached hydrogens (tertiary/aromatic N) is 1. The molecule has 0 fully saturated rings. The Morgan fingerprint density at radius 3 is 2.62 bits per heavy atom. The highest BCUT2D eigenvalue weighted by Crippen LogP contribution is 2.35. The number of para-hydroxylation sites is 1. The average molecular weight is 305 g/mol. The quantitative estimate of drug-likeness (QED) is 0.854. The molecular weight excluding hydrogens is 289 g/mol. The van der Waals surface area contributed by atoms with Crippen LogP contribution in [0.1, 0.15) is 17.5 Å². The summed E-state index contributed by atoms with van der Waals surface area (Å²) >= 11 is 0. The van der Waals surface area contributed by atoms with Crippen LogP contribution in [-0.2, 0) is 16.4 Å². The lowest BCUT2D eigenvalue weighted by Gasteiger charge is -2.32. The van der Waals surface area contributed by atoms with E-state index in [1.807, 2.05) is 25.1 Å². The highest BCUT2D eigenvalue weighted by atomic mass is 32.2. The van der Waals surface area contributed by atoms with Crippen molar-refractivity contribution in [3.63, 3.8) is 0 Å². The monoisotopic (exact) mass is 305 g/mol. The van der Waals surface area contributed by atoms with Crippen LogP contribution in [-0.4, -0.2) is 15.0 Å². The first kappa shape index (κ1) is 14.1. The van der Waals surface area contributed by atoms with E-state index in [1.54, 1.807) is 6.07 Å². The molecule has 0 aliphatic carbocycles. The van der Waals surface area contributed by atoms with E-state index in [1.165, 1.54) is 22.5 Å². The van der Waals surface area contributed by atoms with Crippen molar-refractivity contribution in [1.82, 2.24) is 0 Å². The normalized spacial score (nSPS) is 14.9. The fourth-order valence-corrected chi connectivity index (χ4v) is 4.49. The van der Waals surface area contributed by atoms with Crippen LogP contribution in [0.25, 0.3) is 0 Å². The van der Waals surface area contributed by atoms with Gasteiger partial charge >= 0.3 is 0 Å². The van der Waals surface area contributed by atoms with E-state index in [0.717, 1.165) is 24.0 Å². The van der Waals surface area contributed by atoms with Gasteiger partial charge in [0.1, 0.15) is 10.7 Å². The first-order chi connectivity index (χ1) is 10.0. The van der Waals surface area contributed by atoms with Gasteiger partial charge in [-0.15, -0.1) is 0 Å². The van der Waals surface area contributed by atoms with Gasteiger partial charge in [-0.3, -0.25) is 4.31 Å². The van der Waals surface area contributed by atoms with Crippen LogP contribution in [0, 0.1) is 12.7 Å². The second-order valence-electron chi connectivity index (χ2n) is 5.19. The van der Waals surface area contributed by atoms with Crippen molar-refractivity contribution in [2.45, 2.75) is 24.7 Å². The molecule has 3 rings (SSSR count). The third-order valence-electron chi connectivity index (χ3n) is 3.78. The maximum Gasteiger partial charge on any atom is 0.267 e. The zero-order valence-electron chi connectivity index (χ0n) is 11.7. The van der Waals surface area contributed by atoms with Gasteiger partial charge in [0.25, 0.3) is 10.0 Å². The summed E-state index contributed by atoms with van der Waals surface area (Å²) < 4.78 is 40.9. The van der Waals surface area contributed by atoms with Gasteiger partial charge < -0.3 is 0 Å². The van der Waals surface area contributed by atoms with Crippen molar-refractivity contribution < 1.29 is 12.8 Å².